The molecular weight excluding hydrogens is 292 g/mol. The van der Waals surface area contributed by atoms with E-state index in [2.05, 4.69) is 5.32 Å². The average Bonchev–Trinajstić information content (AvgIpc) is 2.47. The van der Waals surface area contributed by atoms with Gasteiger partial charge in [0.25, 0.3) is 5.91 Å². The van der Waals surface area contributed by atoms with E-state index >= 15 is 0 Å². The van der Waals surface area contributed by atoms with Crippen molar-refractivity contribution >= 4 is 41.0 Å². The summed E-state index contributed by atoms with van der Waals surface area (Å²) in [7, 11) is 3.42. The van der Waals surface area contributed by atoms with Crippen LogP contribution in [0.4, 0.5) is 5.69 Å². The number of rotatable bonds is 3. The summed E-state index contributed by atoms with van der Waals surface area (Å²) in [5, 5.41) is 2.90. The van der Waals surface area contributed by atoms with Crippen molar-refractivity contribution in [1.29, 1.82) is 0 Å². The van der Waals surface area contributed by atoms with Crippen molar-refractivity contribution in [2.45, 2.75) is 5.25 Å². The van der Waals surface area contributed by atoms with Gasteiger partial charge in [-0.1, -0.05) is 6.07 Å². The highest BCUT2D eigenvalue weighted by Gasteiger charge is 2.22. The molecule has 1 fully saturated rings. The number of anilines is 1. The maximum absolute atomic E-state index is 12.1. The Morgan fingerprint density at radius 3 is 2.75 bits per heavy atom. The fraction of sp³-hybridized carbons (Fsp3) is 0.429. The van der Waals surface area contributed by atoms with E-state index in [4.69, 9.17) is 0 Å². The van der Waals surface area contributed by atoms with Crippen molar-refractivity contribution in [2.24, 2.45) is 0 Å². The molecular formula is C14H18N2O2S2. The fourth-order valence-corrected chi connectivity index (χ4v) is 4.41. The molecule has 1 saturated heterocycles. The Morgan fingerprint density at radius 1 is 1.30 bits per heavy atom. The molecule has 1 N–H and O–H groups in total. The van der Waals surface area contributed by atoms with Gasteiger partial charge in [-0.15, -0.1) is 11.8 Å². The zero-order chi connectivity index (χ0) is 14.5. The van der Waals surface area contributed by atoms with E-state index in [-0.39, 0.29) is 17.1 Å². The molecule has 1 atom stereocenters. The van der Waals surface area contributed by atoms with E-state index in [1.165, 1.54) is 4.90 Å². The van der Waals surface area contributed by atoms with Gasteiger partial charge in [0.15, 0.2) is 0 Å². The first-order chi connectivity index (χ1) is 9.58. The SMILES string of the molecule is CN(C)C(=O)c1cccc(NC(=O)C2CSCCS2)c1. The molecule has 0 aliphatic carbocycles. The van der Waals surface area contributed by atoms with E-state index in [9.17, 15) is 9.59 Å². The molecule has 0 spiro atoms. The van der Waals surface area contributed by atoms with Gasteiger partial charge in [-0.25, -0.2) is 0 Å². The highest BCUT2D eigenvalue weighted by atomic mass is 32.2. The fourth-order valence-electron chi connectivity index (χ4n) is 1.85. The number of nitrogens with one attached hydrogen (secondary N) is 1. The molecule has 108 valence electrons. The zero-order valence-electron chi connectivity index (χ0n) is 11.6. The molecule has 1 aromatic carbocycles. The van der Waals surface area contributed by atoms with Crippen molar-refractivity contribution in [3.63, 3.8) is 0 Å². The van der Waals surface area contributed by atoms with Crippen molar-refractivity contribution in [1.82, 2.24) is 4.90 Å². The molecule has 1 aliphatic rings. The smallest absolute Gasteiger partial charge is 0.253 e. The number of benzene rings is 1. The summed E-state index contributed by atoms with van der Waals surface area (Å²) in [6.45, 7) is 0. The van der Waals surface area contributed by atoms with Gasteiger partial charge in [-0.2, -0.15) is 11.8 Å². The standard InChI is InChI=1S/C14H18N2O2S2/c1-16(2)14(18)10-4-3-5-11(8-10)15-13(17)12-9-19-6-7-20-12/h3-5,8,12H,6-7,9H2,1-2H3,(H,15,17). The Hall–Kier alpha value is -1.14. The second-order valence-electron chi connectivity index (χ2n) is 4.70. The quantitative estimate of drug-likeness (QED) is 0.929. The number of hydrogen-bond donors (Lipinski definition) is 1. The molecule has 4 nitrogen and oxygen atoms in total. The van der Waals surface area contributed by atoms with Crippen molar-refractivity contribution in [2.75, 3.05) is 36.7 Å². The lowest BCUT2D eigenvalue weighted by Crippen LogP contribution is -2.30. The predicted molar refractivity (Wildman–Crippen MR) is 86.7 cm³/mol. The lowest BCUT2D eigenvalue weighted by molar-refractivity contribution is -0.115. The molecule has 1 aromatic rings. The first-order valence-corrected chi connectivity index (χ1v) is 8.60. The van der Waals surface area contributed by atoms with Crippen LogP contribution in [0.3, 0.4) is 0 Å². The maximum atomic E-state index is 12.1. The van der Waals surface area contributed by atoms with Gasteiger partial charge >= 0.3 is 0 Å². The molecule has 6 heteroatoms. The average molecular weight is 310 g/mol. The second-order valence-corrected chi connectivity index (χ2v) is 7.16. The van der Waals surface area contributed by atoms with Crippen molar-refractivity contribution in [3.05, 3.63) is 29.8 Å². The van der Waals surface area contributed by atoms with Crippen LogP contribution in [0.15, 0.2) is 24.3 Å². The molecule has 1 aliphatic heterocycles. The largest absolute Gasteiger partial charge is 0.345 e. The Labute approximate surface area is 127 Å². The van der Waals surface area contributed by atoms with E-state index < -0.39 is 0 Å². The molecule has 2 amide bonds. The summed E-state index contributed by atoms with van der Waals surface area (Å²) in [5.74, 6) is 2.94. The molecule has 2 rings (SSSR count). The van der Waals surface area contributed by atoms with Crippen LogP contribution in [0, 0.1) is 0 Å². The van der Waals surface area contributed by atoms with E-state index in [0.29, 0.717) is 11.3 Å². The molecule has 0 bridgehead atoms. The highest BCUT2D eigenvalue weighted by molar-refractivity contribution is 8.07. The number of carbonyl (C=O) groups is 2. The van der Waals surface area contributed by atoms with Gasteiger partial charge in [-0.3, -0.25) is 9.59 Å². The summed E-state index contributed by atoms with van der Waals surface area (Å²) in [6.07, 6.45) is 0. The van der Waals surface area contributed by atoms with Crippen molar-refractivity contribution < 1.29 is 9.59 Å². The van der Waals surface area contributed by atoms with Crippen LogP contribution in [-0.4, -0.2) is 53.3 Å². The number of hydrogen-bond acceptors (Lipinski definition) is 4. The van der Waals surface area contributed by atoms with Crippen molar-refractivity contribution in [3.8, 4) is 0 Å². The second kappa shape index (κ2) is 7.04. The molecule has 1 heterocycles. The summed E-state index contributed by atoms with van der Waals surface area (Å²) >= 11 is 3.51. The Bertz CT molecular complexity index is 500. The third kappa shape index (κ3) is 3.93. The predicted octanol–water partition coefficient (Wildman–Crippen LogP) is 2.18. The number of carbonyl (C=O) groups excluding carboxylic acids is 2. The van der Waals surface area contributed by atoms with Crippen LogP contribution in [0.25, 0.3) is 0 Å². The molecule has 0 aromatic heterocycles. The van der Waals surface area contributed by atoms with Gasteiger partial charge in [0.2, 0.25) is 5.91 Å². The summed E-state index contributed by atoms with van der Waals surface area (Å²) < 4.78 is 0. The van der Waals surface area contributed by atoms with Crippen LogP contribution in [0.5, 0.6) is 0 Å². The first-order valence-electron chi connectivity index (χ1n) is 6.40. The third-order valence-corrected chi connectivity index (χ3v) is 5.65. The van der Waals surface area contributed by atoms with E-state index in [1.807, 2.05) is 17.8 Å². The number of amides is 2. The van der Waals surface area contributed by atoms with Crippen LogP contribution in [0.2, 0.25) is 0 Å². The summed E-state index contributed by atoms with van der Waals surface area (Å²) in [4.78, 5) is 25.6. The Kier molecular flexibility index (Phi) is 5.37. The lowest BCUT2D eigenvalue weighted by atomic mass is 10.2. The van der Waals surface area contributed by atoms with E-state index in [1.54, 1.807) is 44.1 Å². The van der Waals surface area contributed by atoms with Gasteiger partial charge < -0.3 is 10.2 Å². The minimum atomic E-state index is -0.0660. The maximum Gasteiger partial charge on any atom is 0.253 e. The molecule has 20 heavy (non-hydrogen) atoms. The van der Waals surface area contributed by atoms with Gasteiger partial charge in [-0.05, 0) is 18.2 Å². The molecule has 0 saturated carbocycles. The Balaban J connectivity index is 2.04. The van der Waals surface area contributed by atoms with E-state index in [0.717, 1.165) is 17.3 Å². The third-order valence-electron chi connectivity index (χ3n) is 2.89. The summed E-state index contributed by atoms with van der Waals surface area (Å²) in [6, 6.07) is 7.07. The minimum Gasteiger partial charge on any atom is -0.345 e. The molecule has 1 unspecified atom stereocenters. The zero-order valence-corrected chi connectivity index (χ0v) is 13.2. The van der Waals surface area contributed by atoms with Crippen LogP contribution < -0.4 is 5.32 Å². The lowest BCUT2D eigenvalue weighted by Gasteiger charge is -2.20. The number of nitrogens with zero attached hydrogens (tertiary/aromatic N) is 1. The molecule has 0 radical (unpaired) electrons. The normalized spacial score (nSPS) is 18.4. The van der Waals surface area contributed by atoms with Gasteiger partial charge in [0.1, 0.15) is 0 Å². The minimum absolute atomic E-state index is 0.00181. The van der Waals surface area contributed by atoms with Gasteiger partial charge in [0, 0.05) is 42.6 Å². The first kappa shape index (κ1) is 15.3. The van der Waals surface area contributed by atoms with Gasteiger partial charge in [0.05, 0.1) is 5.25 Å². The number of thioether (sulfide) groups is 2. The van der Waals surface area contributed by atoms with Crippen LogP contribution >= 0.6 is 23.5 Å². The highest BCUT2D eigenvalue weighted by Crippen LogP contribution is 2.25. The van der Waals surface area contributed by atoms with Crippen LogP contribution in [0.1, 0.15) is 10.4 Å². The van der Waals surface area contributed by atoms with Crippen LogP contribution in [-0.2, 0) is 4.79 Å². The Morgan fingerprint density at radius 2 is 2.10 bits per heavy atom. The topological polar surface area (TPSA) is 49.4 Å². The monoisotopic (exact) mass is 310 g/mol. The summed E-state index contributed by atoms with van der Waals surface area (Å²) in [5.41, 5.74) is 1.26.